The van der Waals surface area contributed by atoms with Crippen LogP contribution in [0.4, 0.5) is 26.3 Å². The summed E-state index contributed by atoms with van der Waals surface area (Å²) in [6, 6.07) is 5.91. The lowest BCUT2D eigenvalue weighted by molar-refractivity contribution is -0.137. The molecule has 0 fully saturated rings. The van der Waals surface area contributed by atoms with Crippen LogP contribution >= 0.6 is 0 Å². The van der Waals surface area contributed by atoms with Crippen molar-refractivity contribution in [3.8, 4) is 11.1 Å². The van der Waals surface area contributed by atoms with E-state index in [9.17, 15) is 35.9 Å². The molecule has 0 atom stereocenters. The number of nitrogens with zero attached hydrogens (tertiary/aromatic N) is 3. The second-order valence-electron chi connectivity index (χ2n) is 9.13. The van der Waals surface area contributed by atoms with Gasteiger partial charge in [-0.25, -0.2) is 18.2 Å². The Morgan fingerprint density at radius 1 is 1.12 bits per heavy atom. The molecule has 0 saturated carbocycles. The quantitative estimate of drug-likeness (QED) is 0.0937. The molecule has 0 aliphatic heterocycles. The average molecular weight is 571 g/mol. The van der Waals surface area contributed by atoms with Gasteiger partial charge in [-0.05, 0) is 30.3 Å². The van der Waals surface area contributed by atoms with Gasteiger partial charge >= 0.3 is 6.18 Å². The van der Waals surface area contributed by atoms with Crippen LogP contribution in [0.2, 0.25) is 0 Å². The first-order valence-corrected chi connectivity index (χ1v) is 11.9. The topological polar surface area (TPSA) is 65.6 Å². The van der Waals surface area contributed by atoms with Gasteiger partial charge in [-0.2, -0.15) is 13.2 Å². The number of ketones is 1. The lowest BCUT2D eigenvalue weighted by atomic mass is 9.92. The van der Waals surface area contributed by atoms with Gasteiger partial charge in [-0.3, -0.25) is 9.59 Å². The Balaban J connectivity index is 1.86. The maximum atomic E-state index is 14.6. The molecule has 41 heavy (non-hydrogen) atoms. The second-order valence-corrected chi connectivity index (χ2v) is 9.13. The number of pyridine rings is 1. The molecule has 3 heterocycles. The number of hydrogen-bond acceptors (Lipinski definition) is 4. The fourth-order valence-corrected chi connectivity index (χ4v) is 4.94. The summed E-state index contributed by atoms with van der Waals surface area (Å²) in [6.45, 7) is 3.66. The summed E-state index contributed by atoms with van der Waals surface area (Å²) >= 11 is 0. The molecule has 2 aromatic carbocycles. The molecular weight excluding hydrogens is 552 g/mol. The number of benzene rings is 2. The molecule has 0 radical (unpaired) electrons. The Labute approximate surface area is 228 Å². The van der Waals surface area contributed by atoms with E-state index < -0.39 is 46.1 Å². The summed E-state index contributed by atoms with van der Waals surface area (Å²) in [5.74, 6) is -5.56. The van der Waals surface area contributed by atoms with Crippen LogP contribution in [0.5, 0.6) is 0 Å². The van der Waals surface area contributed by atoms with Gasteiger partial charge in [0.1, 0.15) is 17.9 Å². The Morgan fingerprint density at radius 2 is 1.80 bits per heavy atom. The summed E-state index contributed by atoms with van der Waals surface area (Å²) in [7, 11) is 2.89. The third-order valence-electron chi connectivity index (χ3n) is 6.79. The van der Waals surface area contributed by atoms with Crippen LogP contribution in [0, 0.1) is 17.5 Å². The zero-order chi connectivity index (χ0) is 29.8. The van der Waals surface area contributed by atoms with Crippen LogP contribution in [0.1, 0.15) is 43.4 Å². The van der Waals surface area contributed by atoms with Crippen LogP contribution < -0.4 is 0 Å². The average Bonchev–Trinajstić information content (AvgIpc) is 3.47. The number of carbonyl (C=O) groups is 2. The van der Waals surface area contributed by atoms with Gasteiger partial charge < -0.3 is 13.7 Å². The highest BCUT2D eigenvalue weighted by Gasteiger charge is 2.37. The van der Waals surface area contributed by atoms with E-state index in [4.69, 9.17) is 4.74 Å². The van der Waals surface area contributed by atoms with E-state index >= 15 is 0 Å². The largest absolute Gasteiger partial charge is 0.417 e. The highest BCUT2D eigenvalue weighted by molar-refractivity contribution is 6.11. The van der Waals surface area contributed by atoms with Gasteiger partial charge in [0, 0.05) is 42.6 Å². The van der Waals surface area contributed by atoms with Crippen molar-refractivity contribution < 1.29 is 40.7 Å². The Morgan fingerprint density at radius 3 is 2.39 bits per heavy atom. The van der Waals surface area contributed by atoms with Crippen molar-refractivity contribution in [2.45, 2.75) is 12.8 Å². The molecule has 0 spiro atoms. The summed E-state index contributed by atoms with van der Waals surface area (Å²) in [5.41, 5.74) is -2.41. The number of imidazole rings is 1. The molecule has 0 unspecified atom stereocenters. The molecule has 0 bridgehead atoms. The number of alkyl halides is 3. The molecule has 12 heteroatoms. The number of aryl methyl sites for hydroxylation is 1. The zero-order valence-corrected chi connectivity index (χ0v) is 21.4. The Hall–Kier alpha value is -4.71. The SMILES string of the molecule is C=Cc1cc(C(=O)c2cc(F)c(F)c(F)c2)n2cccc(-c3c(C(F)(F)F)cc4c(nc(COC)n4C)c3C=O)c12. The summed E-state index contributed by atoms with van der Waals surface area (Å²) in [6.07, 6.45) is -1.99. The van der Waals surface area contributed by atoms with Gasteiger partial charge in [0.15, 0.2) is 23.7 Å². The second kappa shape index (κ2) is 10.0. The van der Waals surface area contributed by atoms with Crippen LogP contribution in [-0.2, 0) is 24.6 Å². The smallest absolute Gasteiger partial charge is 0.377 e. The number of carbonyl (C=O) groups excluding carboxylic acids is 2. The fourth-order valence-electron chi connectivity index (χ4n) is 4.94. The lowest BCUT2D eigenvalue weighted by Crippen LogP contribution is -2.11. The van der Waals surface area contributed by atoms with Crippen LogP contribution in [0.25, 0.3) is 33.8 Å². The minimum absolute atomic E-state index is 0.0137. The number of fused-ring (bicyclic) bond motifs is 2. The number of rotatable bonds is 7. The maximum absolute atomic E-state index is 14.6. The van der Waals surface area contributed by atoms with Crippen molar-refractivity contribution in [3.63, 3.8) is 0 Å². The normalized spacial score (nSPS) is 11.9. The standard InChI is InChI=1S/C29H19F6N3O3/c1-4-14-10-22(28(40)15-8-19(30)25(32)20(31)9-15)38-7-5-6-16(27(14)38)24-17(12-39)26-21(11-18(24)29(33,34)35)37(2)23(36-26)13-41-3/h4-12H,1,13H2,2-3H3. The van der Waals surface area contributed by atoms with E-state index in [2.05, 4.69) is 11.6 Å². The number of aromatic nitrogens is 3. The van der Waals surface area contributed by atoms with Crippen LogP contribution in [0.3, 0.4) is 0 Å². The van der Waals surface area contributed by atoms with E-state index in [0.717, 1.165) is 6.07 Å². The predicted octanol–water partition coefficient (Wildman–Crippen LogP) is 6.76. The maximum Gasteiger partial charge on any atom is 0.417 e. The molecule has 0 aliphatic rings. The molecule has 5 aromatic rings. The van der Waals surface area contributed by atoms with Crippen molar-refractivity contribution in [3.05, 3.63) is 100 Å². The lowest BCUT2D eigenvalue weighted by Gasteiger charge is -2.18. The number of aldehydes is 1. The number of halogens is 6. The van der Waals surface area contributed by atoms with Gasteiger partial charge in [-0.1, -0.05) is 18.7 Å². The van der Waals surface area contributed by atoms with Crippen LogP contribution in [-0.4, -0.2) is 33.1 Å². The predicted molar refractivity (Wildman–Crippen MR) is 138 cm³/mol. The third-order valence-corrected chi connectivity index (χ3v) is 6.79. The van der Waals surface area contributed by atoms with Crippen molar-refractivity contribution >= 4 is 34.7 Å². The molecule has 0 saturated heterocycles. The van der Waals surface area contributed by atoms with Crippen molar-refractivity contribution in [2.75, 3.05) is 7.11 Å². The Kier molecular flexibility index (Phi) is 6.82. The first-order chi connectivity index (χ1) is 19.4. The molecular formula is C29H19F6N3O3. The molecule has 5 rings (SSSR count). The van der Waals surface area contributed by atoms with Gasteiger partial charge in [0.25, 0.3) is 0 Å². The molecule has 0 aliphatic carbocycles. The zero-order valence-electron chi connectivity index (χ0n) is 21.4. The van der Waals surface area contributed by atoms with Crippen molar-refractivity contribution in [1.29, 1.82) is 0 Å². The Bertz CT molecular complexity index is 1880. The van der Waals surface area contributed by atoms with Gasteiger partial charge in [-0.15, -0.1) is 0 Å². The first kappa shape index (κ1) is 27.8. The van der Waals surface area contributed by atoms with Crippen molar-refractivity contribution in [2.24, 2.45) is 7.05 Å². The van der Waals surface area contributed by atoms with Crippen LogP contribution in [0.15, 0.2) is 49.2 Å². The van der Waals surface area contributed by atoms with E-state index in [1.165, 1.54) is 53.6 Å². The number of ether oxygens (including phenoxy) is 1. The minimum Gasteiger partial charge on any atom is -0.377 e. The molecule has 0 N–H and O–H groups in total. The molecule has 3 aromatic heterocycles. The number of methoxy groups -OCH3 is 1. The molecule has 6 nitrogen and oxygen atoms in total. The fraction of sp³-hybridized carbons (Fsp3) is 0.138. The van der Waals surface area contributed by atoms with Crippen molar-refractivity contribution in [1.82, 2.24) is 14.0 Å². The highest BCUT2D eigenvalue weighted by atomic mass is 19.4. The number of hydrogen-bond donors (Lipinski definition) is 0. The van der Waals surface area contributed by atoms with E-state index in [1.54, 1.807) is 0 Å². The van der Waals surface area contributed by atoms with Gasteiger partial charge in [0.2, 0.25) is 5.78 Å². The third kappa shape index (κ3) is 4.40. The summed E-state index contributed by atoms with van der Waals surface area (Å²) in [4.78, 5) is 30.1. The highest BCUT2D eigenvalue weighted by Crippen LogP contribution is 2.44. The van der Waals surface area contributed by atoms with Gasteiger partial charge in [0.05, 0.1) is 27.9 Å². The van der Waals surface area contributed by atoms with E-state index in [-0.39, 0.29) is 57.7 Å². The molecule has 0 amide bonds. The first-order valence-electron chi connectivity index (χ1n) is 11.9. The van der Waals surface area contributed by atoms with E-state index in [1.807, 2.05) is 0 Å². The summed E-state index contributed by atoms with van der Waals surface area (Å²) in [5, 5.41) is 0. The van der Waals surface area contributed by atoms with E-state index in [0.29, 0.717) is 12.1 Å². The monoisotopic (exact) mass is 571 g/mol. The molecule has 210 valence electrons. The summed E-state index contributed by atoms with van der Waals surface area (Å²) < 4.78 is 92.7. The minimum atomic E-state index is -4.91.